The highest BCUT2D eigenvalue weighted by Gasteiger charge is 2.38. The highest BCUT2D eigenvalue weighted by molar-refractivity contribution is 5.30. The molecule has 1 fully saturated rings. The Bertz CT molecular complexity index is 660. The maximum atomic E-state index is 14.0. The van der Waals surface area contributed by atoms with E-state index in [1.807, 2.05) is 0 Å². The van der Waals surface area contributed by atoms with Crippen LogP contribution in [0.4, 0.5) is 8.78 Å². The lowest BCUT2D eigenvalue weighted by Crippen LogP contribution is -2.49. The van der Waals surface area contributed by atoms with Gasteiger partial charge in [0.15, 0.2) is 0 Å². The molecule has 0 bridgehead atoms. The lowest BCUT2D eigenvalue weighted by Gasteiger charge is -2.39. The van der Waals surface area contributed by atoms with Gasteiger partial charge in [0.25, 0.3) is 0 Å². The summed E-state index contributed by atoms with van der Waals surface area (Å²) in [5, 5.41) is 0. The summed E-state index contributed by atoms with van der Waals surface area (Å²) in [6.45, 7) is 4.54. The maximum Gasteiger partial charge on any atom is 0.129 e. The molecule has 0 unspecified atom stereocenters. The summed E-state index contributed by atoms with van der Waals surface area (Å²) >= 11 is 0. The van der Waals surface area contributed by atoms with Crippen LogP contribution in [0.5, 0.6) is 0 Å². The van der Waals surface area contributed by atoms with E-state index in [4.69, 9.17) is 10.5 Å². The van der Waals surface area contributed by atoms with Gasteiger partial charge in [0.05, 0.1) is 6.61 Å². The Kier molecular flexibility index (Phi) is 4.16. The molecular weight excluding hydrogens is 312 g/mol. The van der Waals surface area contributed by atoms with E-state index in [-0.39, 0.29) is 17.6 Å². The van der Waals surface area contributed by atoms with Crippen LogP contribution in [0.15, 0.2) is 29.3 Å². The van der Waals surface area contributed by atoms with Gasteiger partial charge in [0.2, 0.25) is 0 Å². The summed E-state index contributed by atoms with van der Waals surface area (Å²) in [5.74, 6) is -0.922. The quantitative estimate of drug-likeness (QED) is 0.835. The van der Waals surface area contributed by atoms with E-state index in [2.05, 4.69) is 16.8 Å². The van der Waals surface area contributed by atoms with Crippen LogP contribution in [0.3, 0.4) is 0 Å². The van der Waals surface area contributed by atoms with Gasteiger partial charge in [0, 0.05) is 43.8 Å². The molecule has 0 amide bonds. The number of halogens is 2. The van der Waals surface area contributed by atoms with Crippen LogP contribution in [0, 0.1) is 11.6 Å². The fraction of sp³-hybridized carbons (Fsp3) is 0.556. The summed E-state index contributed by atoms with van der Waals surface area (Å²) in [6, 6.07) is 3.35. The van der Waals surface area contributed by atoms with Crippen molar-refractivity contribution in [2.75, 3.05) is 39.8 Å². The number of benzene rings is 1. The molecule has 0 aliphatic carbocycles. The van der Waals surface area contributed by atoms with Gasteiger partial charge in [-0.25, -0.2) is 8.78 Å². The molecule has 4 nitrogen and oxygen atoms in total. The molecule has 24 heavy (non-hydrogen) atoms. The zero-order valence-electron chi connectivity index (χ0n) is 13.8. The molecule has 1 aromatic rings. The first-order chi connectivity index (χ1) is 11.5. The van der Waals surface area contributed by atoms with Crippen LogP contribution in [0.25, 0.3) is 0 Å². The summed E-state index contributed by atoms with van der Waals surface area (Å²) in [4.78, 5) is 4.74. The fourth-order valence-corrected chi connectivity index (χ4v) is 4.21. The molecule has 1 aromatic carbocycles. The minimum absolute atomic E-state index is 0.226. The molecule has 0 saturated carbocycles. The summed E-state index contributed by atoms with van der Waals surface area (Å²) in [5.41, 5.74) is 9.53. The van der Waals surface area contributed by atoms with Gasteiger partial charge in [-0.2, -0.15) is 0 Å². The number of likely N-dealkylation sites (N-methyl/N-ethyl adjacent to an activating group) is 1. The van der Waals surface area contributed by atoms with Crippen molar-refractivity contribution in [3.8, 4) is 0 Å². The Balaban J connectivity index is 1.41. The Labute approximate surface area is 140 Å². The molecule has 0 spiro atoms. The molecule has 0 aromatic heterocycles. The van der Waals surface area contributed by atoms with E-state index in [1.54, 1.807) is 0 Å². The van der Waals surface area contributed by atoms with Gasteiger partial charge < -0.3 is 10.5 Å². The van der Waals surface area contributed by atoms with Crippen molar-refractivity contribution in [1.29, 1.82) is 0 Å². The number of nitrogens with two attached hydrogens (primary N) is 1. The predicted molar refractivity (Wildman–Crippen MR) is 87.5 cm³/mol. The zero-order valence-corrected chi connectivity index (χ0v) is 13.8. The molecule has 3 aliphatic heterocycles. The monoisotopic (exact) mass is 335 g/mol. The molecular formula is C18H23F2N3O. The van der Waals surface area contributed by atoms with Crippen molar-refractivity contribution in [3.05, 3.63) is 46.5 Å². The zero-order chi connectivity index (χ0) is 16.8. The summed E-state index contributed by atoms with van der Waals surface area (Å²) in [6.07, 6.45) is 0.155. The second kappa shape index (κ2) is 6.19. The minimum atomic E-state index is -0.578. The second-order valence-corrected chi connectivity index (χ2v) is 7.26. The summed E-state index contributed by atoms with van der Waals surface area (Å²) in [7, 11) is 2.14. The minimum Gasteiger partial charge on any atom is -0.370 e. The average Bonchev–Trinajstić information content (AvgIpc) is 3.07. The van der Waals surface area contributed by atoms with Gasteiger partial charge in [-0.05, 0) is 42.8 Å². The maximum absolute atomic E-state index is 14.0. The number of rotatable bonds is 2. The van der Waals surface area contributed by atoms with E-state index in [1.165, 1.54) is 17.2 Å². The van der Waals surface area contributed by atoms with Crippen LogP contribution in [-0.4, -0.2) is 61.7 Å². The predicted octanol–water partition coefficient (Wildman–Crippen LogP) is 1.68. The third-order valence-corrected chi connectivity index (χ3v) is 5.39. The fourth-order valence-electron chi connectivity index (χ4n) is 4.21. The molecule has 3 atom stereocenters. The van der Waals surface area contributed by atoms with E-state index >= 15 is 0 Å². The second-order valence-electron chi connectivity index (χ2n) is 7.26. The van der Waals surface area contributed by atoms with Crippen LogP contribution in [0.2, 0.25) is 0 Å². The molecule has 3 heterocycles. The lowest BCUT2D eigenvalue weighted by atomic mass is 9.93. The lowest BCUT2D eigenvalue weighted by molar-refractivity contribution is -0.0468. The van der Waals surface area contributed by atoms with Gasteiger partial charge in [-0.15, -0.1) is 0 Å². The normalized spacial score (nSPS) is 31.8. The van der Waals surface area contributed by atoms with Crippen molar-refractivity contribution in [1.82, 2.24) is 9.80 Å². The van der Waals surface area contributed by atoms with Gasteiger partial charge in [-0.3, -0.25) is 9.80 Å². The molecule has 4 rings (SSSR count). The first kappa shape index (κ1) is 16.1. The first-order valence-corrected chi connectivity index (χ1v) is 8.45. The molecule has 2 N–H and O–H groups in total. The van der Waals surface area contributed by atoms with Crippen LogP contribution in [-0.2, 0) is 4.74 Å². The summed E-state index contributed by atoms with van der Waals surface area (Å²) < 4.78 is 33.3. The van der Waals surface area contributed by atoms with E-state index in [9.17, 15) is 8.78 Å². The topological polar surface area (TPSA) is 41.7 Å². The number of nitrogens with zero attached hydrogens (tertiary/aromatic N) is 2. The van der Waals surface area contributed by atoms with Crippen LogP contribution in [0.1, 0.15) is 18.1 Å². The Morgan fingerprint density at radius 1 is 1.12 bits per heavy atom. The van der Waals surface area contributed by atoms with Crippen LogP contribution >= 0.6 is 0 Å². The van der Waals surface area contributed by atoms with Crippen molar-refractivity contribution >= 4 is 0 Å². The molecule has 6 heteroatoms. The van der Waals surface area contributed by atoms with Crippen molar-refractivity contribution in [2.24, 2.45) is 5.73 Å². The molecule has 3 aliphatic rings. The average molecular weight is 335 g/mol. The standard InChI is InChI=1S/C18H23F2N3O/c1-22-6-11-8-23(9-12(11)7-22)14-5-17(21)18(24-10-14)15-4-13(19)2-3-16(15)20/h2-4,14,17-18H,5-10,21H2,1H3/t14-,17+,18-/m1/s1. The Morgan fingerprint density at radius 2 is 1.83 bits per heavy atom. The Hall–Kier alpha value is -1.34. The highest BCUT2D eigenvalue weighted by atomic mass is 19.1. The van der Waals surface area contributed by atoms with E-state index < -0.39 is 17.7 Å². The SMILES string of the molecule is CN1CC2=C(C1)CN([C@H]1CO[C@H](c3cc(F)ccc3F)[C@@H](N)C1)C2. The van der Waals surface area contributed by atoms with E-state index in [0.717, 1.165) is 44.7 Å². The number of ether oxygens (including phenoxy) is 1. The third kappa shape index (κ3) is 2.88. The van der Waals surface area contributed by atoms with Gasteiger partial charge in [-0.1, -0.05) is 0 Å². The largest absolute Gasteiger partial charge is 0.370 e. The first-order valence-electron chi connectivity index (χ1n) is 8.45. The molecule has 0 radical (unpaired) electrons. The van der Waals surface area contributed by atoms with Gasteiger partial charge in [0.1, 0.15) is 17.7 Å². The molecule has 1 saturated heterocycles. The van der Waals surface area contributed by atoms with E-state index in [0.29, 0.717) is 6.61 Å². The number of hydrogen-bond donors (Lipinski definition) is 1. The van der Waals surface area contributed by atoms with Gasteiger partial charge >= 0.3 is 0 Å². The highest BCUT2D eigenvalue weighted by Crippen LogP contribution is 2.34. The van der Waals surface area contributed by atoms with Crippen molar-refractivity contribution in [2.45, 2.75) is 24.6 Å². The smallest absolute Gasteiger partial charge is 0.129 e. The van der Waals surface area contributed by atoms with Crippen molar-refractivity contribution in [3.63, 3.8) is 0 Å². The Morgan fingerprint density at radius 3 is 2.50 bits per heavy atom. The third-order valence-electron chi connectivity index (χ3n) is 5.39. The van der Waals surface area contributed by atoms with Crippen molar-refractivity contribution < 1.29 is 13.5 Å². The number of hydrogen-bond acceptors (Lipinski definition) is 4. The molecule has 130 valence electrons. The van der Waals surface area contributed by atoms with Crippen LogP contribution < -0.4 is 5.73 Å².